The first kappa shape index (κ1) is 30.8. The van der Waals surface area contributed by atoms with Crippen LogP contribution in [0.15, 0.2) is 47.5 Å². The minimum Gasteiger partial charge on any atom is -0.363 e. The van der Waals surface area contributed by atoms with Crippen molar-refractivity contribution < 1.29 is 18.4 Å². The number of rotatable bonds is 9. The van der Waals surface area contributed by atoms with Crippen molar-refractivity contribution in [3.8, 4) is 0 Å². The molecule has 2 aromatic carbocycles. The predicted octanol–water partition coefficient (Wildman–Crippen LogP) is 5.37. The Morgan fingerprint density at radius 1 is 1.08 bits per heavy atom. The van der Waals surface area contributed by atoms with Crippen LogP contribution in [0.5, 0.6) is 0 Å². The summed E-state index contributed by atoms with van der Waals surface area (Å²) in [5.74, 6) is -3.62. The summed E-state index contributed by atoms with van der Waals surface area (Å²) in [6.07, 6.45) is 1.77. The van der Waals surface area contributed by atoms with Gasteiger partial charge in [0.25, 0.3) is 11.8 Å². The number of aromatic nitrogens is 2. The monoisotopic (exact) mass is 560 g/mol. The normalized spacial score (nSPS) is 10.4. The van der Waals surface area contributed by atoms with E-state index < -0.39 is 23.4 Å². The van der Waals surface area contributed by atoms with Gasteiger partial charge in [0.2, 0.25) is 0 Å². The van der Waals surface area contributed by atoms with E-state index in [0.29, 0.717) is 12.1 Å². The number of carbonyl (C=O) groups excluding carboxylic acids is 2. The van der Waals surface area contributed by atoms with Crippen molar-refractivity contribution in [3.63, 3.8) is 0 Å². The maximum atomic E-state index is 13.4. The van der Waals surface area contributed by atoms with Crippen LogP contribution < -0.4 is 10.6 Å². The van der Waals surface area contributed by atoms with Gasteiger partial charge in [0, 0.05) is 25.7 Å². The zero-order chi connectivity index (χ0) is 24.7. The number of para-hydroxylation sites is 1. The molecule has 3 rings (SSSR count). The van der Waals surface area contributed by atoms with Crippen LogP contribution in [0, 0.1) is 11.6 Å². The molecule has 36 heavy (non-hydrogen) atoms. The number of halogens is 5. The number of aromatic amines is 1. The molecule has 1 heterocycles. The van der Waals surface area contributed by atoms with Crippen LogP contribution in [0.1, 0.15) is 40.3 Å². The van der Waals surface area contributed by atoms with Crippen LogP contribution in [-0.2, 0) is 6.54 Å². The Balaban J connectivity index is 0.00000324. The predicted molar refractivity (Wildman–Crippen MR) is 141 cm³/mol. The van der Waals surface area contributed by atoms with Crippen molar-refractivity contribution in [1.29, 1.82) is 0 Å². The average Bonchev–Trinajstić information content (AvgIpc) is 3.29. The lowest BCUT2D eigenvalue weighted by Crippen LogP contribution is -2.23. The average molecular weight is 562 g/mol. The molecular formula is C23H25Cl3F2N6O2. The number of amides is 2. The highest BCUT2D eigenvalue weighted by molar-refractivity contribution is 6.34. The van der Waals surface area contributed by atoms with Crippen molar-refractivity contribution in [2.75, 3.05) is 18.4 Å². The largest absolute Gasteiger partial charge is 0.363 e. The molecule has 0 saturated carbocycles. The van der Waals surface area contributed by atoms with Crippen LogP contribution in [-0.4, -0.2) is 46.3 Å². The van der Waals surface area contributed by atoms with E-state index in [0.717, 1.165) is 24.3 Å². The fourth-order valence-electron chi connectivity index (χ4n) is 2.97. The summed E-state index contributed by atoms with van der Waals surface area (Å²) in [4.78, 5) is 31.4. The highest BCUT2D eigenvalue weighted by atomic mass is 35.5. The van der Waals surface area contributed by atoms with Gasteiger partial charge in [-0.05, 0) is 37.6 Å². The van der Waals surface area contributed by atoms with Crippen molar-refractivity contribution in [2.45, 2.75) is 20.4 Å². The molecule has 0 aliphatic rings. The molecule has 13 heteroatoms. The molecule has 2 amide bonds. The van der Waals surface area contributed by atoms with E-state index in [-0.39, 0.29) is 53.5 Å². The van der Waals surface area contributed by atoms with Crippen LogP contribution in [0.25, 0.3) is 0 Å². The molecule has 0 unspecified atom stereocenters. The number of benzene rings is 2. The van der Waals surface area contributed by atoms with Crippen molar-refractivity contribution in [2.24, 2.45) is 4.99 Å². The van der Waals surface area contributed by atoms with Gasteiger partial charge in [0.05, 0.1) is 22.6 Å². The van der Waals surface area contributed by atoms with E-state index in [1.807, 2.05) is 43.0 Å². The molecule has 3 N–H and O–H groups in total. The summed E-state index contributed by atoms with van der Waals surface area (Å²) in [5, 5.41) is 11.3. The van der Waals surface area contributed by atoms with Crippen LogP contribution in [0.2, 0.25) is 5.02 Å². The maximum Gasteiger partial charge on any atom is 0.269 e. The highest BCUT2D eigenvalue weighted by Gasteiger charge is 2.17. The Kier molecular flexibility index (Phi) is 12.3. The molecule has 1 aromatic heterocycles. The smallest absolute Gasteiger partial charge is 0.269 e. The summed E-state index contributed by atoms with van der Waals surface area (Å²) in [7, 11) is 0. The second kappa shape index (κ2) is 14.4. The SMILES string of the molecule is CCN(C=Nc1ccccc1CNC(=O)c1cc(NC(=O)c2cc(F)c(F)cc2Cl)n[nH]1)CC.Cl.Cl. The van der Waals surface area contributed by atoms with Crippen molar-refractivity contribution in [1.82, 2.24) is 20.4 Å². The topological polar surface area (TPSA) is 102 Å². The van der Waals surface area contributed by atoms with Gasteiger partial charge in [0.15, 0.2) is 17.5 Å². The molecule has 0 fully saturated rings. The van der Waals surface area contributed by atoms with E-state index in [4.69, 9.17) is 11.6 Å². The van der Waals surface area contributed by atoms with Gasteiger partial charge in [-0.2, -0.15) is 5.10 Å². The van der Waals surface area contributed by atoms with Gasteiger partial charge in [-0.15, -0.1) is 24.8 Å². The molecule has 8 nitrogen and oxygen atoms in total. The number of anilines is 1. The van der Waals surface area contributed by atoms with E-state index in [1.165, 1.54) is 6.07 Å². The standard InChI is InChI=1S/C23H23ClF2N6O2.2ClH/c1-3-32(4-2)13-28-19-8-6-5-7-14(19)12-27-23(34)20-11-21(31-30-20)29-22(33)15-9-17(25)18(26)10-16(15)24;;/h5-11,13H,3-4,12H2,1-2H3,(H,27,34)(H2,29,30,31,33);2*1H. The van der Waals surface area contributed by atoms with E-state index >= 15 is 0 Å². The number of carbonyl (C=O) groups is 2. The number of nitrogens with one attached hydrogen (secondary N) is 3. The Labute approximate surface area is 224 Å². The molecule has 0 spiro atoms. The molecule has 0 radical (unpaired) electrons. The fourth-order valence-corrected chi connectivity index (χ4v) is 3.21. The zero-order valence-electron chi connectivity index (χ0n) is 19.3. The second-order valence-corrected chi connectivity index (χ2v) is 7.55. The lowest BCUT2D eigenvalue weighted by molar-refractivity contribution is 0.0945. The van der Waals surface area contributed by atoms with Gasteiger partial charge >= 0.3 is 0 Å². The molecule has 0 saturated heterocycles. The number of H-pyrrole nitrogens is 1. The number of nitrogens with zero attached hydrogens (tertiary/aromatic N) is 3. The summed E-state index contributed by atoms with van der Waals surface area (Å²) in [6.45, 7) is 5.96. The van der Waals surface area contributed by atoms with Gasteiger partial charge in [-0.25, -0.2) is 13.8 Å². The van der Waals surface area contributed by atoms with E-state index in [2.05, 4.69) is 25.8 Å². The number of hydrogen-bond donors (Lipinski definition) is 3. The molecular weight excluding hydrogens is 537 g/mol. The first-order chi connectivity index (χ1) is 16.3. The summed E-state index contributed by atoms with van der Waals surface area (Å²) in [5.41, 5.74) is 1.38. The first-order valence-electron chi connectivity index (χ1n) is 10.5. The third-order valence-corrected chi connectivity index (χ3v) is 5.23. The highest BCUT2D eigenvalue weighted by Crippen LogP contribution is 2.21. The Morgan fingerprint density at radius 2 is 1.75 bits per heavy atom. The van der Waals surface area contributed by atoms with Crippen LogP contribution in [0.4, 0.5) is 20.3 Å². The third kappa shape index (κ3) is 7.91. The molecule has 0 aliphatic heterocycles. The van der Waals surface area contributed by atoms with Crippen LogP contribution >= 0.6 is 36.4 Å². The third-order valence-electron chi connectivity index (χ3n) is 4.92. The van der Waals surface area contributed by atoms with E-state index in [9.17, 15) is 18.4 Å². The summed E-state index contributed by atoms with van der Waals surface area (Å²) < 4.78 is 26.7. The molecule has 0 aliphatic carbocycles. The summed E-state index contributed by atoms with van der Waals surface area (Å²) >= 11 is 5.81. The lowest BCUT2D eigenvalue weighted by Gasteiger charge is -2.14. The number of hydrogen-bond acceptors (Lipinski definition) is 4. The molecule has 0 bridgehead atoms. The van der Waals surface area contributed by atoms with Gasteiger partial charge in [-0.3, -0.25) is 14.7 Å². The van der Waals surface area contributed by atoms with Crippen molar-refractivity contribution >= 4 is 66.1 Å². The summed E-state index contributed by atoms with van der Waals surface area (Å²) in [6, 6.07) is 10.1. The Hall–Kier alpha value is -3.21. The minimum atomic E-state index is -1.21. The second-order valence-electron chi connectivity index (χ2n) is 7.14. The van der Waals surface area contributed by atoms with Crippen LogP contribution in [0.3, 0.4) is 0 Å². The van der Waals surface area contributed by atoms with E-state index in [1.54, 1.807) is 6.34 Å². The molecule has 3 aromatic rings. The maximum absolute atomic E-state index is 13.4. The number of aliphatic imine (C=N–C) groups is 1. The minimum absolute atomic E-state index is 0. The van der Waals surface area contributed by atoms with Gasteiger partial charge in [0.1, 0.15) is 5.69 Å². The van der Waals surface area contributed by atoms with Crippen molar-refractivity contribution in [3.05, 3.63) is 75.9 Å². The quantitative estimate of drug-likeness (QED) is 0.186. The van der Waals surface area contributed by atoms with Gasteiger partial charge < -0.3 is 15.5 Å². The van der Waals surface area contributed by atoms with Gasteiger partial charge in [-0.1, -0.05) is 29.8 Å². The zero-order valence-corrected chi connectivity index (χ0v) is 21.7. The lowest BCUT2D eigenvalue weighted by atomic mass is 10.2. The fraction of sp³-hybridized carbons (Fsp3) is 0.217. The molecule has 194 valence electrons. The first-order valence-corrected chi connectivity index (χ1v) is 10.9. The Bertz CT molecular complexity index is 1220. The molecule has 0 atom stereocenters. The Morgan fingerprint density at radius 3 is 2.44 bits per heavy atom.